The zero-order valence-electron chi connectivity index (χ0n) is 10.8. The van der Waals surface area contributed by atoms with E-state index in [0.29, 0.717) is 11.3 Å². The summed E-state index contributed by atoms with van der Waals surface area (Å²) in [5.41, 5.74) is 2.80. The van der Waals surface area contributed by atoms with Crippen molar-refractivity contribution in [2.45, 2.75) is 6.42 Å². The number of carbonyl (C=O) groups excluding carboxylic acids is 1. The van der Waals surface area contributed by atoms with Crippen LogP contribution in [0.15, 0.2) is 54.6 Å². The third kappa shape index (κ3) is 1.98. The van der Waals surface area contributed by atoms with E-state index in [4.69, 9.17) is 5.26 Å². The molecule has 0 fully saturated rings. The Hall–Kier alpha value is -2.86. The molecular formula is C17H12N2O. The lowest BCUT2D eigenvalue weighted by atomic mass is 10.0. The normalized spacial score (nSPS) is 10.3. The maximum atomic E-state index is 12.6. The number of nitrogens with zero attached hydrogens (tertiary/aromatic N) is 1. The topological polar surface area (TPSA) is 56.6 Å². The van der Waals surface area contributed by atoms with Crippen molar-refractivity contribution in [3.05, 3.63) is 71.4 Å². The van der Waals surface area contributed by atoms with Crippen LogP contribution in [0.1, 0.15) is 21.6 Å². The molecule has 0 aliphatic heterocycles. The summed E-state index contributed by atoms with van der Waals surface area (Å²) in [4.78, 5) is 15.7. The van der Waals surface area contributed by atoms with Crippen molar-refractivity contribution in [1.82, 2.24) is 4.98 Å². The molecule has 3 nitrogen and oxygen atoms in total. The average Bonchev–Trinajstić information content (AvgIpc) is 2.87. The molecule has 3 rings (SSSR count). The highest BCUT2D eigenvalue weighted by Gasteiger charge is 2.18. The average molecular weight is 260 g/mol. The number of aromatic nitrogens is 1. The van der Waals surface area contributed by atoms with Crippen molar-refractivity contribution in [3.63, 3.8) is 0 Å². The molecular weight excluding hydrogens is 248 g/mol. The van der Waals surface area contributed by atoms with E-state index in [-0.39, 0.29) is 12.2 Å². The number of benzene rings is 2. The summed E-state index contributed by atoms with van der Waals surface area (Å²) in [6, 6.07) is 18.9. The van der Waals surface area contributed by atoms with Gasteiger partial charge in [-0.15, -0.1) is 0 Å². The fourth-order valence-corrected chi connectivity index (χ4v) is 2.39. The second-order valence-corrected chi connectivity index (χ2v) is 4.55. The Morgan fingerprint density at radius 3 is 2.50 bits per heavy atom. The second kappa shape index (κ2) is 5.02. The van der Waals surface area contributed by atoms with Crippen molar-refractivity contribution in [2.75, 3.05) is 0 Å². The zero-order chi connectivity index (χ0) is 13.9. The van der Waals surface area contributed by atoms with Crippen LogP contribution in [0.2, 0.25) is 0 Å². The summed E-state index contributed by atoms with van der Waals surface area (Å²) in [5.74, 6) is -0.0768. The van der Waals surface area contributed by atoms with Crippen molar-refractivity contribution < 1.29 is 4.79 Å². The Labute approximate surface area is 116 Å². The third-order valence-electron chi connectivity index (χ3n) is 3.33. The number of aromatic amines is 1. The minimum Gasteiger partial charge on any atom is -0.352 e. The lowest BCUT2D eigenvalue weighted by Crippen LogP contribution is -2.04. The smallest absolute Gasteiger partial charge is 0.209 e. The molecule has 0 spiro atoms. The number of carbonyl (C=O) groups is 1. The predicted molar refractivity (Wildman–Crippen MR) is 77.5 cm³/mol. The van der Waals surface area contributed by atoms with Crippen LogP contribution in [0.5, 0.6) is 0 Å². The lowest BCUT2D eigenvalue weighted by molar-refractivity contribution is 0.103. The fraction of sp³-hybridized carbons (Fsp3) is 0.0588. The summed E-state index contributed by atoms with van der Waals surface area (Å²) >= 11 is 0. The van der Waals surface area contributed by atoms with Gasteiger partial charge in [-0.25, -0.2) is 0 Å². The molecule has 3 aromatic rings. The molecule has 1 N–H and O–H groups in total. The van der Waals surface area contributed by atoms with Crippen molar-refractivity contribution in [3.8, 4) is 6.07 Å². The van der Waals surface area contributed by atoms with Gasteiger partial charge in [0.1, 0.15) is 0 Å². The van der Waals surface area contributed by atoms with Gasteiger partial charge in [-0.1, -0.05) is 48.5 Å². The highest BCUT2D eigenvalue weighted by atomic mass is 16.1. The largest absolute Gasteiger partial charge is 0.352 e. The van der Waals surface area contributed by atoms with E-state index < -0.39 is 0 Å². The maximum Gasteiger partial charge on any atom is 0.209 e. The van der Waals surface area contributed by atoms with Crippen LogP contribution in [0.4, 0.5) is 0 Å². The molecule has 0 atom stereocenters. The van der Waals surface area contributed by atoms with E-state index in [1.807, 2.05) is 42.5 Å². The Kier molecular flexibility index (Phi) is 3.06. The first-order valence-corrected chi connectivity index (χ1v) is 6.37. The number of para-hydroxylation sites is 1. The highest BCUT2D eigenvalue weighted by molar-refractivity contribution is 6.11. The van der Waals surface area contributed by atoms with Crippen LogP contribution in [0.25, 0.3) is 10.9 Å². The summed E-state index contributed by atoms with van der Waals surface area (Å²) in [7, 11) is 0. The number of fused-ring (bicyclic) bond motifs is 1. The number of H-pyrrole nitrogens is 1. The van der Waals surface area contributed by atoms with Gasteiger partial charge in [0, 0.05) is 22.0 Å². The van der Waals surface area contributed by atoms with Gasteiger partial charge in [-0.3, -0.25) is 4.79 Å². The molecule has 1 heterocycles. The van der Waals surface area contributed by atoms with Gasteiger partial charge < -0.3 is 4.98 Å². The molecule has 96 valence electrons. The standard InChI is InChI=1S/C17H12N2O/c18-11-10-14-13-8-4-5-9-15(13)19-16(14)17(20)12-6-2-1-3-7-12/h1-9,19H,10H2. The maximum absolute atomic E-state index is 12.6. The van der Waals surface area contributed by atoms with Crippen molar-refractivity contribution in [2.24, 2.45) is 0 Å². The van der Waals surface area contributed by atoms with Gasteiger partial charge in [0.05, 0.1) is 18.2 Å². The van der Waals surface area contributed by atoms with E-state index in [0.717, 1.165) is 16.5 Å². The summed E-state index contributed by atoms with van der Waals surface area (Å²) < 4.78 is 0. The van der Waals surface area contributed by atoms with Gasteiger partial charge in [-0.05, 0) is 6.07 Å². The van der Waals surface area contributed by atoms with Crippen LogP contribution in [0.3, 0.4) is 0 Å². The van der Waals surface area contributed by atoms with Crippen molar-refractivity contribution >= 4 is 16.7 Å². The number of nitriles is 1. The van der Waals surface area contributed by atoms with Gasteiger partial charge in [0.2, 0.25) is 5.78 Å². The summed E-state index contributed by atoms with van der Waals surface area (Å²) in [6.45, 7) is 0. The number of ketones is 1. The summed E-state index contributed by atoms with van der Waals surface area (Å²) in [5, 5.41) is 9.94. The second-order valence-electron chi connectivity index (χ2n) is 4.55. The predicted octanol–water partition coefficient (Wildman–Crippen LogP) is 3.46. The Morgan fingerprint density at radius 1 is 1.05 bits per heavy atom. The van der Waals surface area contributed by atoms with Crippen LogP contribution in [0, 0.1) is 11.3 Å². The molecule has 0 radical (unpaired) electrons. The molecule has 3 heteroatoms. The molecule has 0 aliphatic carbocycles. The van der Waals surface area contributed by atoms with Crippen molar-refractivity contribution in [1.29, 1.82) is 5.26 Å². The minimum atomic E-state index is -0.0768. The van der Waals surface area contributed by atoms with Gasteiger partial charge in [-0.2, -0.15) is 5.26 Å². The molecule has 0 saturated carbocycles. The van der Waals surface area contributed by atoms with E-state index in [1.165, 1.54) is 0 Å². The first-order chi connectivity index (χ1) is 9.81. The van der Waals surface area contributed by atoms with Crippen LogP contribution >= 0.6 is 0 Å². The monoisotopic (exact) mass is 260 g/mol. The molecule has 0 aliphatic rings. The quantitative estimate of drug-likeness (QED) is 0.733. The number of hydrogen-bond donors (Lipinski definition) is 1. The Morgan fingerprint density at radius 2 is 1.75 bits per heavy atom. The summed E-state index contributed by atoms with van der Waals surface area (Å²) in [6.07, 6.45) is 0.220. The number of hydrogen-bond acceptors (Lipinski definition) is 2. The van der Waals surface area contributed by atoms with Crippen LogP contribution in [-0.2, 0) is 6.42 Å². The minimum absolute atomic E-state index is 0.0768. The number of nitrogens with one attached hydrogen (secondary N) is 1. The third-order valence-corrected chi connectivity index (χ3v) is 3.33. The zero-order valence-corrected chi connectivity index (χ0v) is 10.8. The molecule has 0 saturated heterocycles. The molecule has 20 heavy (non-hydrogen) atoms. The van der Waals surface area contributed by atoms with Crippen LogP contribution < -0.4 is 0 Å². The molecule has 1 aromatic heterocycles. The van der Waals surface area contributed by atoms with E-state index >= 15 is 0 Å². The molecule has 0 bridgehead atoms. The van der Waals surface area contributed by atoms with E-state index in [2.05, 4.69) is 11.1 Å². The SMILES string of the molecule is N#CCc1c(C(=O)c2ccccc2)[nH]c2ccccc12. The highest BCUT2D eigenvalue weighted by Crippen LogP contribution is 2.24. The van der Waals surface area contributed by atoms with Gasteiger partial charge >= 0.3 is 0 Å². The molecule has 2 aromatic carbocycles. The van der Waals surface area contributed by atoms with Gasteiger partial charge in [0.15, 0.2) is 0 Å². The lowest BCUT2D eigenvalue weighted by Gasteiger charge is -2.01. The van der Waals surface area contributed by atoms with Crippen LogP contribution in [-0.4, -0.2) is 10.8 Å². The Bertz CT molecular complexity index is 810. The fourth-order valence-electron chi connectivity index (χ4n) is 2.39. The number of rotatable bonds is 3. The Balaban J connectivity index is 2.18. The molecule has 0 amide bonds. The first-order valence-electron chi connectivity index (χ1n) is 6.37. The first kappa shape index (κ1) is 12.2. The van der Waals surface area contributed by atoms with E-state index in [9.17, 15) is 4.79 Å². The van der Waals surface area contributed by atoms with Gasteiger partial charge in [0.25, 0.3) is 0 Å². The molecule has 0 unspecified atom stereocenters. The van der Waals surface area contributed by atoms with E-state index in [1.54, 1.807) is 12.1 Å².